The number of aryl methyl sites for hydroxylation is 1. The van der Waals surface area contributed by atoms with Gasteiger partial charge in [-0.25, -0.2) is 4.98 Å². The van der Waals surface area contributed by atoms with Crippen molar-refractivity contribution < 1.29 is 9.53 Å². The Hall–Kier alpha value is -2.58. The highest BCUT2D eigenvalue weighted by Gasteiger charge is 2.11. The number of esters is 1. The van der Waals surface area contributed by atoms with Crippen LogP contribution in [0.2, 0.25) is 10.0 Å². The topological polar surface area (TPSA) is 102 Å². The van der Waals surface area contributed by atoms with E-state index in [0.29, 0.717) is 53.3 Å². The average molecular weight is 424 g/mol. The Morgan fingerprint density at radius 1 is 1.32 bits per heavy atom. The summed E-state index contributed by atoms with van der Waals surface area (Å²) in [5.74, 6) is 0.0492. The summed E-state index contributed by atoms with van der Waals surface area (Å²) in [6.45, 7) is 3.00. The zero-order valence-corrected chi connectivity index (χ0v) is 16.7. The van der Waals surface area contributed by atoms with Gasteiger partial charge in [0.1, 0.15) is 0 Å². The van der Waals surface area contributed by atoms with Crippen molar-refractivity contribution in [3.63, 3.8) is 0 Å². The molecule has 28 heavy (non-hydrogen) atoms. The van der Waals surface area contributed by atoms with E-state index in [-0.39, 0.29) is 17.9 Å². The molecule has 8 nitrogen and oxygen atoms in total. The second-order valence-corrected chi connectivity index (χ2v) is 6.85. The summed E-state index contributed by atoms with van der Waals surface area (Å²) in [6, 6.07) is 5.28. The van der Waals surface area contributed by atoms with Crippen molar-refractivity contribution in [1.82, 2.24) is 19.5 Å². The van der Waals surface area contributed by atoms with Crippen molar-refractivity contribution in [3.05, 3.63) is 50.5 Å². The number of carbonyl (C=O) groups excluding carboxylic acids is 1. The molecule has 0 bridgehead atoms. The number of nitrogens with zero attached hydrogens (tertiary/aromatic N) is 3. The van der Waals surface area contributed by atoms with Gasteiger partial charge in [0, 0.05) is 19.5 Å². The lowest BCUT2D eigenvalue weighted by Gasteiger charge is -2.07. The number of rotatable bonds is 8. The Morgan fingerprint density at radius 3 is 2.89 bits per heavy atom. The molecule has 0 fully saturated rings. The minimum Gasteiger partial charge on any atom is -0.466 e. The first-order valence-electron chi connectivity index (χ1n) is 8.76. The quantitative estimate of drug-likeness (QED) is 0.538. The molecule has 3 rings (SSSR count). The number of aromatic nitrogens is 4. The maximum atomic E-state index is 12.5. The maximum absolute atomic E-state index is 12.5. The molecular weight excluding hydrogens is 405 g/mol. The fourth-order valence-electron chi connectivity index (χ4n) is 2.70. The highest BCUT2D eigenvalue weighted by molar-refractivity contribution is 6.42. The lowest BCUT2D eigenvalue weighted by atomic mass is 10.2. The summed E-state index contributed by atoms with van der Waals surface area (Å²) in [6.07, 6.45) is 2.37. The van der Waals surface area contributed by atoms with Crippen molar-refractivity contribution in [3.8, 4) is 0 Å². The fourth-order valence-corrected chi connectivity index (χ4v) is 3.02. The number of halogens is 2. The summed E-state index contributed by atoms with van der Waals surface area (Å²) in [4.78, 5) is 35.1. The van der Waals surface area contributed by atoms with Gasteiger partial charge in [-0.2, -0.15) is 4.98 Å². The Balaban J connectivity index is 1.68. The third-order valence-electron chi connectivity index (χ3n) is 4.01. The van der Waals surface area contributed by atoms with Gasteiger partial charge in [0.2, 0.25) is 5.95 Å². The van der Waals surface area contributed by atoms with E-state index in [9.17, 15) is 9.59 Å². The summed E-state index contributed by atoms with van der Waals surface area (Å²) in [5.41, 5.74) is 1.28. The molecule has 148 valence electrons. The molecule has 3 aromatic rings. The largest absolute Gasteiger partial charge is 0.466 e. The van der Waals surface area contributed by atoms with Crippen LogP contribution in [-0.2, 0) is 22.6 Å². The second kappa shape index (κ2) is 9.07. The van der Waals surface area contributed by atoms with Crippen molar-refractivity contribution in [2.75, 3.05) is 11.9 Å². The molecule has 2 heterocycles. The van der Waals surface area contributed by atoms with Crippen LogP contribution >= 0.6 is 23.2 Å². The molecular formula is C18H19Cl2N5O3. The Kier molecular flexibility index (Phi) is 6.53. The number of aromatic amines is 1. The number of carbonyl (C=O) groups is 1. The SMILES string of the molecule is CCOC(=O)CCCn1cnc2nc(NCc3ccc(Cl)c(Cl)c3)[nH]c(=O)c21. The van der Waals surface area contributed by atoms with E-state index in [4.69, 9.17) is 27.9 Å². The lowest BCUT2D eigenvalue weighted by molar-refractivity contribution is -0.143. The van der Waals surface area contributed by atoms with Crippen molar-refractivity contribution in [1.29, 1.82) is 0 Å². The van der Waals surface area contributed by atoms with Gasteiger partial charge >= 0.3 is 5.97 Å². The van der Waals surface area contributed by atoms with E-state index in [1.807, 2.05) is 6.07 Å². The molecule has 0 spiro atoms. The van der Waals surface area contributed by atoms with Crippen LogP contribution in [0.5, 0.6) is 0 Å². The zero-order chi connectivity index (χ0) is 20.1. The van der Waals surface area contributed by atoms with Crippen LogP contribution < -0.4 is 10.9 Å². The molecule has 0 radical (unpaired) electrons. The predicted octanol–water partition coefficient (Wildman–Crippen LogP) is 3.38. The Labute approximate surface area is 170 Å². The van der Waals surface area contributed by atoms with Gasteiger partial charge in [-0.05, 0) is 31.0 Å². The third-order valence-corrected chi connectivity index (χ3v) is 4.75. The fraction of sp³-hybridized carbons (Fsp3) is 0.333. The minimum atomic E-state index is -0.310. The summed E-state index contributed by atoms with van der Waals surface area (Å²) in [5, 5.41) is 3.98. The standard InChI is InChI=1S/C18H19Cl2N5O3/c1-2-28-14(26)4-3-7-25-10-22-16-15(25)17(27)24-18(23-16)21-9-11-5-6-12(19)13(20)8-11/h5-6,8,10H,2-4,7,9H2,1H3,(H2,21,23,24,27). The molecule has 1 aromatic carbocycles. The molecule has 0 saturated carbocycles. The Bertz CT molecular complexity index is 1050. The smallest absolute Gasteiger partial charge is 0.305 e. The lowest BCUT2D eigenvalue weighted by Crippen LogP contribution is -2.16. The molecule has 0 amide bonds. The number of imidazole rings is 1. The van der Waals surface area contributed by atoms with Crippen LogP contribution in [0.4, 0.5) is 5.95 Å². The normalized spacial score (nSPS) is 11.0. The number of anilines is 1. The third kappa shape index (κ3) is 4.82. The number of benzene rings is 1. The van der Waals surface area contributed by atoms with E-state index >= 15 is 0 Å². The highest BCUT2D eigenvalue weighted by atomic mass is 35.5. The van der Waals surface area contributed by atoms with Gasteiger partial charge in [-0.1, -0.05) is 29.3 Å². The first-order chi connectivity index (χ1) is 13.5. The number of nitrogens with one attached hydrogen (secondary N) is 2. The van der Waals surface area contributed by atoms with Crippen molar-refractivity contribution >= 4 is 46.3 Å². The van der Waals surface area contributed by atoms with Gasteiger partial charge in [0.05, 0.1) is 23.0 Å². The van der Waals surface area contributed by atoms with Crippen molar-refractivity contribution in [2.45, 2.75) is 32.9 Å². The molecule has 0 saturated heterocycles. The number of fused-ring (bicyclic) bond motifs is 1. The molecule has 10 heteroatoms. The van der Waals surface area contributed by atoms with E-state index in [0.717, 1.165) is 5.56 Å². The van der Waals surface area contributed by atoms with Crippen LogP contribution in [0.15, 0.2) is 29.3 Å². The first kappa shape index (κ1) is 20.2. The van der Waals surface area contributed by atoms with Gasteiger partial charge in [0.15, 0.2) is 11.2 Å². The van der Waals surface area contributed by atoms with E-state index in [1.165, 1.54) is 0 Å². The monoisotopic (exact) mass is 423 g/mol. The van der Waals surface area contributed by atoms with Gasteiger partial charge in [0.25, 0.3) is 5.56 Å². The summed E-state index contributed by atoms with van der Waals surface area (Å²) >= 11 is 11.9. The second-order valence-electron chi connectivity index (χ2n) is 6.04. The maximum Gasteiger partial charge on any atom is 0.305 e. The number of hydrogen-bond donors (Lipinski definition) is 2. The number of hydrogen-bond acceptors (Lipinski definition) is 6. The summed E-state index contributed by atoms with van der Waals surface area (Å²) < 4.78 is 6.58. The molecule has 0 aliphatic heterocycles. The predicted molar refractivity (Wildman–Crippen MR) is 108 cm³/mol. The zero-order valence-electron chi connectivity index (χ0n) is 15.2. The molecule has 0 aliphatic carbocycles. The van der Waals surface area contributed by atoms with E-state index in [1.54, 1.807) is 30.0 Å². The van der Waals surface area contributed by atoms with Gasteiger partial charge in [-0.15, -0.1) is 0 Å². The molecule has 0 aliphatic rings. The molecule has 0 atom stereocenters. The Morgan fingerprint density at radius 2 is 2.14 bits per heavy atom. The molecule has 0 unspecified atom stereocenters. The van der Waals surface area contributed by atoms with Gasteiger partial charge in [-0.3, -0.25) is 14.6 Å². The van der Waals surface area contributed by atoms with E-state index < -0.39 is 0 Å². The highest BCUT2D eigenvalue weighted by Crippen LogP contribution is 2.22. The molecule has 2 N–H and O–H groups in total. The van der Waals surface area contributed by atoms with Crippen LogP contribution in [-0.4, -0.2) is 32.1 Å². The van der Waals surface area contributed by atoms with Crippen LogP contribution in [0, 0.1) is 0 Å². The van der Waals surface area contributed by atoms with Crippen LogP contribution in [0.25, 0.3) is 11.2 Å². The van der Waals surface area contributed by atoms with Gasteiger partial charge < -0.3 is 14.6 Å². The van der Waals surface area contributed by atoms with Crippen LogP contribution in [0.3, 0.4) is 0 Å². The average Bonchev–Trinajstić information content (AvgIpc) is 3.06. The van der Waals surface area contributed by atoms with E-state index in [2.05, 4.69) is 20.3 Å². The van der Waals surface area contributed by atoms with Crippen LogP contribution in [0.1, 0.15) is 25.3 Å². The minimum absolute atomic E-state index is 0.257. The van der Waals surface area contributed by atoms with Crippen molar-refractivity contribution in [2.24, 2.45) is 0 Å². The number of ether oxygens (including phenoxy) is 1. The summed E-state index contributed by atoms with van der Waals surface area (Å²) in [7, 11) is 0. The molecule has 2 aromatic heterocycles. The first-order valence-corrected chi connectivity index (χ1v) is 9.52. The number of H-pyrrole nitrogens is 1.